The molecule has 2 N–H and O–H groups in total. The lowest BCUT2D eigenvalue weighted by Gasteiger charge is -2.43. The number of hydrogen-bond donors (Lipinski definition) is 1. The lowest BCUT2D eigenvalue weighted by Crippen LogP contribution is -2.46. The van der Waals surface area contributed by atoms with E-state index in [1.165, 1.54) is 17.7 Å². The van der Waals surface area contributed by atoms with Crippen LogP contribution in [0, 0.1) is 11.8 Å². The third kappa shape index (κ3) is 2.57. The summed E-state index contributed by atoms with van der Waals surface area (Å²) in [4.78, 5) is 2.53. The molecule has 0 radical (unpaired) electrons. The van der Waals surface area contributed by atoms with Crippen LogP contribution >= 0.6 is 15.9 Å². The first-order chi connectivity index (χ1) is 8.54. The van der Waals surface area contributed by atoms with E-state index in [4.69, 9.17) is 5.73 Å². The molecule has 2 rings (SSSR count). The van der Waals surface area contributed by atoms with Crippen LogP contribution in [0.15, 0.2) is 22.7 Å². The van der Waals surface area contributed by atoms with Crippen molar-refractivity contribution in [1.29, 1.82) is 0 Å². The molecule has 2 nitrogen and oxygen atoms in total. The Balaban J connectivity index is 2.38. The van der Waals surface area contributed by atoms with Gasteiger partial charge >= 0.3 is 0 Å². The molecule has 1 aromatic rings. The molecule has 0 amide bonds. The summed E-state index contributed by atoms with van der Waals surface area (Å²) in [6.07, 6.45) is 1.32. The van der Waals surface area contributed by atoms with E-state index in [-0.39, 0.29) is 0 Å². The molecule has 1 heterocycles. The van der Waals surface area contributed by atoms with Crippen LogP contribution in [0.5, 0.6) is 0 Å². The number of anilines is 1. The Kier molecular flexibility index (Phi) is 4.33. The Morgan fingerprint density at radius 2 is 2.06 bits per heavy atom. The van der Waals surface area contributed by atoms with Crippen molar-refractivity contribution in [1.82, 2.24) is 0 Å². The Morgan fingerprint density at radius 1 is 1.33 bits per heavy atom. The van der Waals surface area contributed by atoms with Crippen molar-refractivity contribution in [3.63, 3.8) is 0 Å². The topological polar surface area (TPSA) is 29.3 Å². The fourth-order valence-electron chi connectivity index (χ4n) is 3.05. The number of benzene rings is 1. The molecule has 18 heavy (non-hydrogen) atoms. The number of piperidine rings is 1. The number of nitrogens with two attached hydrogens (primary N) is 1. The third-order valence-corrected chi connectivity index (χ3v) is 4.95. The number of rotatable bonds is 2. The fraction of sp³-hybridized carbons (Fsp3) is 0.600. The van der Waals surface area contributed by atoms with Gasteiger partial charge in [-0.3, -0.25) is 0 Å². The standard InChI is InChI=1S/C15H23BrN2/c1-10-7-11(2)12(3)18(9-10)15-6-4-5-14(16)13(15)8-17/h4-6,10-12H,7-9,17H2,1-3H3. The zero-order chi connectivity index (χ0) is 13.3. The SMILES string of the molecule is CC1CC(C)C(C)N(c2cccc(Br)c2CN)C1. The van der Waals surface area contributed by atoms with E-state index in [1.807, 2.05) is 0 Å². The Morgan fingerprint density at radius 3 is 2.72 bits per heavy atom. The molecule has 0 bridgehead atoms. The summed E-state index contributed by atoms with van der Waals surface area (Å²) >= 11 is 3.62. The van der Waals surface area contributed by atoms with E-state index in [0.29, 0.717) is 12.6 Å². The lowest BCUT2D eigenvalue weighted by atomic mass is 9.85. The van der Waals surface area contributed by atoms with Gasteiger partial charge in [-0.05, 0) is 37.3 Å². The summed E-state index contributed by atoms with van der Waals surface area (Å²) < 4.78 is 1.13. The van der Waals surface area contributed by atoms with Crippen molar-refractivity contribution in [3.8, 4) is 0 Å². The summed E-state index contributed by atoms with van der Waals surface area (Å²) in [5, 5.41) is 0. The van der Waals surface area contributed by atoms with E-state index in [0.717, 1.165) is 22.9 Å². The van der Waals surface area contributed by atoms with Crippen LogP contribution < -0.4 is 10.6 Å². The van der Waals surface area contributed by atoms with Crippen LogP contribution in [-0.4, -0.2) is 12.6 Å². The summed E-state index contributed by atoms with van der Waals surface area (Å²) in [6.45, 7) is 8.75. The van der Waals surface area contributed by atoms with E-state index in [1.54, 1.807) is 0 Å². The Labute approximate surface area is 119 Å². The molecule has 1 fully saturated rings. The van der Waals surface area contributed by atoms with Gasteiger partial charge in [0.1, 0.15) is 0 Å². The van der Waals surface area contributed by atoms with Crippen molar-refractivity contribution in [2.45, 2.75) is 39.8 Å². The van der Waals surface area contributed by atoms with Crippen molar-refractivity contribution < 1.29 is 0 Å². The monoisotopic (exact) mass is 310 g/mol. The molecule has 1 aliphatic heterocycles. The molecule has 0 aliphatic carbocycles. The van der Waals surface area contributed by atoms with Gasteiger partial charge in [0, 0.05) is 34.9 Å². The van der Waals surface area contributed by atoms with Crippen LogP contribution in [0.3, 0.4) is 0 Å². The minimum atomic E-state index is 0.584. The molecule has 0 spiro atoms. The molecule has 3 atom stereocenters. The Hall–Kier alpha value is -0.540. The second-order valence-electron chi connectivity index (χ2n) is 5.65. The van der Waals surface area contributed by atoms with Crippen LogP contribution in [0.1, 0.15) is 32.8 Å². The quantitative estimate of drug-likeness (QED) is 0.900. The molecular weight excluding hydrogens is 288 g/mol. The fourth-order valence-corrected chi connectivity index (χ4v) is 3.57. The van der Waals surface area contributed by atoms with Crippen LogP contribution in [0.4, 0.5) is 5.69 Å². The van der Waals surface area contributed by atoms with Gasteiger partial charge in [-0.25, -0.2) is 0 Å². The van der Waals surface area contributed by atoms with E-state index in [2.05, 4.69) is 59.8 Å². The molecule has 3 heteroatoms. The third-order valence-electron chi connectivity index (χ3n) is 4.21. The Bertz CT molecular complexity index is 419. The maximum atomic E-state index is 5.92. The van der Waals surface area contributed by atoms with Gasteiger partial charge < -0.3 is 10.6 Å². The zero-order valence-electron chi connectivity index (χ0n) is 11.5. The maximum absolute atomic E-state index is 5.92. The van der Waals surface area contributed by atoms with Crippen molar-refractivity contribution in [3.05, 3.63) is 28.2 Å². The highest BCUT2D eigenvalue weighted by Gasteiger charge is 2.30. The minimum absolute atomic E-state index is 0.584. The number of halogens is 1. The first-order valence-corrected chi connectivity index (χ1v) is 7.58. The normalized spacial score (nSPS) is 28.5. The predicted octanol–water partition coefficient (Wildman–Crippen LogP) is 3.78. The largest absolute Gasteiger partial charge is 0.368 e. The molecule has 1 aliphatic rings. The van der Waals surface area contributed by atoms with Crippen molar-refractivity contribution >= 4 is 21.6 Å². The molecule has 1 saturated heterocycles. The minimum Gasteiger partial charge on any atom is -0.368 e. The van der Waals surface area contributed by atoms with Gasteiger partial charge in [0.2, 0.25) is 0 Å². The van der Waals surface area contributed by atoms with Crippen LogP contribution in [0.2, 0.25) is 0 Å². The molecule has 100 valence electrons. The summed E-state index contributed by atoms with van der Waals surface area (Å²) in [5.74, 6) is 1.49. The maximum Gasteiger partial charge on any atom is 0.0425 e. The molecule has 3 unspecified atom stereocenters. The average molecular weight is 311 g/mol. The smallest absolute Gasteiger partial charge is 0.0425 e. The first-order valence-electron chi connectivity index (χ1n) is 6.78. The van der Waals surface area contributed by atoms with Gasteiger partial charge in [-0.2, -0.15) is 0 Å². The van der Waals surface area contributed by atoms with Gasteiger partial charge in [-0.15, -0.1) is 0 Å². The molecular formula is C15H23BrN2. The van der Waals surface area contributed by atoms with E-state index in [9.17, 15) is 0 Å². The van der Waals surface area contributed by atoms with Gasteiger partial charge in [0.05, 0.1) is 0 Å². The van der Waals surface area contributed by atoms with Gasteiger partial charge in [-0.1, -0.05) is 35.8 Å². The number of nitrogens with zero attached hydrogens (tertiary/aromatic N) is 1. The summed E-state index contributed by atoms with van der Waals surface area (Å²) in [7, 11) is 0. The molecule has 0 saturated carbocycles. The highest BCUT2D eigenvalue weighted by molar-refractivity contribution is 9.10. The van der Waals surface area contributed by atoms with Crippen LogP contribution in [0.25, 0.3) is 0 Å². The second kappa shape index (κ2) is 5.62. The first kappa shape index (κ1) is 13.9. The zero-order valence-corrected chi connectivity index (χ0v) is 13.1. The second-order valence-corrected chi connectivity index (χ2v) is 6.51. The van der Waals surface area contributed by atoms with Crippen molar-refractivity contribution in [2.75, 3.05) is 11.4 Å². The van der Waals surface area contributed by atoms with E-state index < -0.39 is 0 Å². The summed E-state index contributed by atoms with van der Waals surface area (Å²) in [5.41, 5.74) is 8.45. The summed E-state index contributed by atoms with van der Waals surface area (Å²) in [6, 6.07) is 6.97. The van der Waals surface area contributed by atoms with Gasteiger partial charge in [0.25, 0.3) is 0 Å². The van der Waals surface area contributed by atoms with Gasteiger partial charge in [0.15, 0.2) is 0 Å². The average Bonchev–Trinajstić information content (AvgIpc) is 2.33. The van der Waals surface area contributed by atoms with Crippen LogP contribution in [-0.2, 0) is 6.54 Å². The number of hydrogen-bond acceptors (Lipinski definition) is 2. The van der Waals surface area contributed by atoms with E-state index >= 15 is 0 Å². The molecule has 1 aromatic carbocycles. The molecule has 0 aromatic heterocycles. The predicted molar refractivity (Wildman–Crippen MR) is 81.8 cm³/mol. The lowest BCUT2D eigenvalue weighted by molar-refractivity contribution is 0.296. The van der Waals surface area contributed by atoms with Crippen molar-refractivity contribution in [2.24, 2.45) is 17.6 Å². The highest BCUT2D eigenvalue weighted by atomic mass is 79.9. The highest BCUT2D eigenvalue weighted by Crippen LogP contribution is 2.35.